The summed E-state index contributed by atoms with van der Waals surface area (Å²) >= 11 is 0. The van der Waals surface area contributed by atoms with E-state index in [9.17, 15) is 4.79 Å². The average molecular weight is 405 g/mol. The Balaban J connectivity index is 0.000000177. The zero-order valence-electron chi connectivity index (χ0n) is 18.2. The molecule has 0 spiro atoms. The topological polar surface area (TPSA) is 70.7 Å². The van der Waals surface area contributed by atoms with Crippen molar-refractivity contribution in [2.75, 3.05) is 6.54 Å². The van der Waals surface area contributed by atoms with Gasteiger partial charge in [0.25, 0.3) is 0 Å². The van der Waals surface area contributed by atoms with Crippen molar-refractivity contribution in [2.45, 2.75) is 52.4 Å². The van der Waals surface area contributed by atoms with Gasteiger partial charge in [-0.2, -0.15) is 0 Å². The Hall–Kier alpha value is -2.95. The van der Waals surface area contributed by atoms with Crippen LogP contribution in [-0.4, -0.2) is 27.9 Å². The Morgan fingerprint density at radius 2 is 1.90 bits per heavy atom. The van der Waals surface area contributed by atoms with E-state index in [0.717, 1.165) is 24.2 Å². The van der Waals surface area contributed by atoms with Crippen LogP contribution in [0, 0.1) is 26.7 Å². The smallest absolute Gasteiger partial charge is 0.207 e. The van der Waals surface area contributed by atoms with Crippen LogP contribution < -0.4 is 5.32 Å². The van der Waals surface area contributed by atoms with Crippen molar-refractivity contribution in [2.24, 2.45) is 5.92 Å². The summed E-state index contributed by atoms with van der Waals surface area (Å²) in [5.74, 6) is 1.35. The van der Waals surface area contributed by atoms with Gasteiger partial charge in [-0.25, -0.2) is 0 Å². The average Bonchev–Trinajstić information content (AvgIpc) is 3.11. The molecule has 2 N–H and O–H groups in total. The van der Waals surface area contributed by atoms with Crippen LogP contribution in [0.1, 0.15) is 54.1 Å². The summed E-state index contributed by atoms with van der Waals surface area (Å²) in [6.45, 7) is 7.05. The summed E-state index contributed by atoms with van der Waals surface area (Å²) < 4.78 is 0. The number of aryl methyl sites for hydroxylation is 3. The van der Waals surface area contributed by atoms with E-state index >= 15 is 0 Å². The molecule has 30 heavy (non-hydrogen) atoms. The molecule has 0 bridgehead atoms. The van der Waals surface area contributed by atoms with Gasteiger partial charge in [-0.15, -0.1) is 0 Å². The van der Waals surface area contributed by atoms with Gasteiger partial charge in [-0.3, -0.25) is 14.8 Å². The van der Waals surface area contributed by atoms with Crippen molar-refractivity contribution in [1.82, 2.24) is 20.3 Å². The molecule has 4 rings (SSSR count). The zero-order valence-corrected chi connectivity index (χ0v) is 18.2. The zero-order chi connectivity index (χ0) is 21.3. The molecule has 0 aromatic carbocycles. The maximum absolute atomic E-state index is 10.3. The molecule has 3 heterocycles. The third-order valence-corrected chi connectivity index (χ3v) is 5.83. The van der Waals surface area contributed by atoms with E-state index in [-0.39, 0.29) is 0 Å². The Kier molecular flexibility index (Phi) is 7.77. The quantitative estimate of drug-likeness (QED) is 0.581. The molecule has 0 atom stereocenters. The van der Waals surface area contributed by atoms with E-state index in [1.54, 1.807) is 6.20 Å². The number of pyridine rings is 2. The fraction of sp³-hybridized carbons (Fsp3) is 0.400. The molecule has 1 aliphatic rings. The van der Waals surface area contributed by atoms with E-state index in [1.807, 2.05) is 25.4 Å². The number of carbonyl (C=O) groups is 1. The van der Waals surface area contributed by atoms with Crippen LogP contribution >= 0.6 is 0 Å². The van der Waals surface area contributed by atoms with Crippen LogP contribution in [0.4, 0.5) is 0 Å². The SMILES string of the molecule is Cc1cc(C)c(-c2cccnc2)[nH]1.Cc1cc(C2CCC(CNC=O)CC2)ccn1. The first-order chi connectivity index (χ1) is 14.6. The number of carbonyl (C=O) groups excluding carboxylic acids is 1. The fourth-order valence-electron chi connectivity index (χ4n) is 4.28. The molecule has 1 saturated carbocycles. The summed E-state index contributed by atoms with van der Waals surface area (Å²) in [7, 11) is 0. The molecule has 0 saturated heterocycles. The minimum atomic E-state index is 0.666. The Labute approximate surface area is 179 Å². The molecule has 0 unspecified atom stereocenters. The number of aromatic amines is 1. The summed E-state index contributed by atoms with van der Waals surface area (Å²) in [6, 6.07) is 10.5. The molecule has 5 heteroatoms. The number of rotatable bonds is 5. The lowest BCUT2D eigenvalue weighted by atomic mass is 9.79. The van der Waals surface area contributed by atoms with E-state index in [2.05, 4.69) is 58.4 Å². The van der Waals surface area contributed by atoms with Crippen molar-refractivity contribution in [3.05, 3.63) is 71.4 Å². The largest absolute Gasteiger partial charge is 0.358 e. The first kappa shape index (κ1) is 21.8. The van der Waals surface area contributed by atoms with Crippen molar-refractivity contribution in [3.63, 3.8) is 0 Å². The number of nitrogens with zero attached hydrogens (tertiary/aromatic N) is 2. The lowest BCUT2D eigenvalue weighted by Gasteiger charge is -2.28. The highest BCUT2D eigenvalue weighted by molar-refractivity contribution is 5.62. The van der Waals surface area contributed by atoms with Crippen molar-refractivity contribution >= 4 is 6.41 Å². The van der Waals surface area contributed by atoms with Gasteiger partial charge in [-0.05, 0) is 99.7 Å². The maximum Gasteiger partial charge on any atom is 0.207 e. The van der Waals surface area contributed by atoms with Crippen molar-refractivity contribution < 1.29 is 4.79 Å². The molecular weight excluding hydrogens is 372 g/mol. The lowest BCUT2D eigenvalue weighted by molar-refractivity contribution is -0.109. The van der Waals surface area contributed by atoms with Gasteiger partial charge in [0.05, 0.1) is 5.69 Å². The summed E-state index contributed by atoms with van der Waals surface area (Å²) in [6.07, 6.45) is 11.3. The van der Waals surface area contributed by atoms with Gasteiger partial charge in [0.15, 0.2) is 0 Å². The number of hydrogen-bond donors (Lipinski definition) is 2. The third kappa shape index (κ3) is 6.02. The Morgan fingerprint density at radius 3 is 2.50 bits per heavy atom. The van der Waals surface area contributed by atoms with Crippen molar-refractivity contribution in [3.8, 4) is 11.3 Å². The number of aromatic nitrogens is 3. The highest BCUT2D eigenvalue weighted by Crippen LogP contribution is 2.35. The molecule has 1 aliphatic carbocycles. The Bertz CT molecular complexity index is 927. The predicted octanol–water partition coefficient (Wildman–Crippen LogP) is 5.10. The summed E-state index contributed by atoms with van der Waals surface area (Å²) in [5, 5.41) is 2.79. The van der Waals surface area contributed by atoms with Crippen LogP contribution in [0.2, 0.25) is 0 Å². The first-order valence-electron chi connectivity index (χ1n) is 10.7. The molecule has 0 radical (unpaired) electrons. The molecule has 3 aromatic heterocycles. The molecule has 5 nitrogen and oxygen atoms in total. The highest BCUT2D eigenvalue weighted by atomic mass is 16.1. The number of H-pyrrole nitrogens is 1. The van der Waals surface area contributed by atoms with Gasteiger partial charge < -0.3 is 10.3 Å². The molecular formula is C25H32N4O. The lowest BCUT2D eigenvalue weighted by Crippen LogP contribution is -2.25. The molecule has 158 valence electrons. The minimum absolute atomic E-state index is 0.666. The number of hydrogen-bond acceptors (Lipinski definition) is 3. The highest BCUT2D eigenvalue weighted by Gasteiger charge is 2.22. The van der Waals surface area contributed by atoms with Gasteiger partial charge in [0.1, 0.15) is 0 Å². The minimum Gasteiger partial charge on any atom is -0.358 e. The van der Waals surface area contributed by atoms with Crippen LogP contribution in [0.3, 0.4) is 0 Å². The third-order valence-electron chi connectivity index (χ3n) is 5.83. The van der Waals surface area contributed by atoms with E-state index in [4.69, 9.17) is 0 Å². The molecule has 1 fully saturated rings. The second-order valence-electron chi connectivity index (χ2n) is 8.23. The summed E-state index contributed by atoms with van der Waals surface area (Å²) in [5.41, 5.74) is 7.31. The van der Waals surface area contributed by atoms with Gasteiger partial charge in [0.2, 0.25) is 6.41 Å². The van der Waals surface area contributed by atoms with E-state index in [0.29, 0.717) is 11.8 Å². The number of amides is 1. The Morgan fingerprint density at radius 1 is 1.10 bits per heavy atom. The standard InChI is InChI=1S/C14H20N2O.C11H12N2/c1-11-8-14(6-7-16-11)13-4-2-12(3-5-13)9-15-10-17;1-8-6-9(2)13-11(8)10-4-3-5-12-7-10/h6-8,10,12-13H,2-5,9H2,1H3,(H,15,17);3-7,13H,1-2H3. The second kappa shape index (κ2) is 10.7. The molecule has 3 aromatic rings. The fourth-order valence-corrected chi connectivity index (χ4v) is 4.28. The van der Waals surface area contributed by atoms with E-state index < -0.39 is 0 Å². The van der Waals surface area contributed by atoms with Gasteiger partial charge in [-0.1, -0.05) is 0 Å². The molecule has 0 aliphatic heterocycles. The number of nitrogens with one attached hydrogen (secondary N) is 2. The van der Waals surface area contributed by atoms with Crippen molar-refractivity contribution in [1.29, 1.82) is 0 Å². The summed E-state index contributed by atoms with van der Waals surface area (Å²) in [4.78, 5) is 21.9. The van der Waals surface area contributed by atoms with Crippen LogP contribution in [-0.2, 0) is 4.79 Å². The van der Waals surface area contributed by atoms with E-state index in [1.165, 1.54) is 48.2 Å². The van der Waals surface area contributed by atoms with Crippen LogP contribution in [0.5, 0.6) is 0 Å². The van der Waals surface area contributed by atoms with Gasteiger partial charge in [0, 0.05) is 42.1 Å². The van der Waals surface area contributed by atoms with Crippen LogP contribution in [0.15, 0.2) is 48.9 Å². The normalized spacial score (nSPS) is 18.2. The first-order valence-corrected chi connectivity index (χ1v) is 10.7. The predicted molar refractivity (Wildman–Crippen MR) is 121 cm³/mol. The second-order valence-corrected chi connectivity index (χ2v) is 8.23. The monoisotopic (exact) mass is 404 g/mol. The van der Waals surface area contributed by atoms with Crippen LogP contribution in [0.25, 0.3) is 11.3 Å². The molecule has 1 amide bonds. The van der Waals surface area contributed by atoms with Gasteiger partial charge >= 0.3 is 0 Å². The maximum atomic E-state index is 10.3.